The van der Waals surface area contributed by atoms with E-state index in [4.69, 9.17) is 35.0 Å². The van der Waals surface area contributed by atoms with Crippen LogP contribution < -0.4 is 18.9 Å². The maximum absolute atomic E-state index is 8.52. The molecule has 0 aromatic rings. The second-order valence-corrected chi connectivity index (χ2v) is 2.45. The summed E-state index contributed by atoms with van der Waals surface area (Å²) in [5.74, 6) is 0. The first-order valence-electron chi connectivity index (χ1n) is 1.33. The van der Waals surface area contributed by atoms with E-state index in [0.29, 0.717) is 0 Å². The Hall–Kier alpha value is 1.71. The monoisotopic (exact) mass is 339 g/mol. The van der Waals surface area contributed by atoms with E-state index in [1.165, 1.54) is 0 Å². The molecule has 0 fully saturated rings. The average molecular weight is 339 g/mol. The van der Waals surface area contributed by atoms with Crippen molar-refractivity contribution in [2.45, 2.75) is 0 Å². The molecule has 0 bridgehead atoms. The molecule has 0 unspecified atom stereocenters. The molecule has 0 aliphatic heterocycles. The van der Waals surface area contributed by atoms with Crippen molar-refractivity contribution >= 4 is 20.8 Å². The van der Waals surface area contributed by atoms with Crippen LogP contribution in [0.2, 0.25) is 0 Å². The molecule has 1 radical (unpaired) electrons. The minimum Gasteiger partial charge on any atom is -0.759 e. The van der Waals surface area contributed by atoms with Crippen LogP contribution in [0.25, 0.3) is 0 Å². The molecule has 8 nitrogen and oxygen atoms in total. The fourth-order valence-electron chi connectivity index (χ4n) is 0. The molecule has 65 valence electrons. The second kappa shape index (κ2) is 9.28. The van der Waals surface area contributed by atoms with Crippen LogP contribution in [0.4, 0.5) is 0 Å². The molecule has 0 saturated heterocycles. The Morgan fingerprint density at radius 2 is 0.667 bits per heavy atom. The molecule has 0 spiro atoms. The van der Waals surface area contributed by atoms with E-state index in [1.807, 2.05) is 0 Å². The summed E-state index contributed by atoms with van der Waals surface area (Å²) in [6.45, 7) is 0. The van der Waals surface area contributed by atoms with Crippen molar-refractivity contribution in [3.05, 3.63) is 0 Å². The molecule has 0 amide bonds. The Morgan fingerprint density at radius 3 is 0.667 bits per heavy atom. The summed E-state index contributed by atoms with van der Waals surface area (Å²) < 4.78 is 68.2. The van der Waals surface area contributed by atoms with Crippen molar-refractivity contribution in [2.75, 3.05) is 0 Å². The van der Waals surface area contributed by atoms with Crippen LogP contribution in [0.15, 0.2) is 0 Å². The molecule has 0 saturated carbocycles. The van der Waals surface area contributed by atoms with Gasteiger partial charge in [0.15, 0.2) is 0 Å². The minimum absolute atomic E-state index is 0. The standard InChI is InChI=1S/Ce.Li.2H2O4S/c;;2*1-5(2,3)4/h;;2*(H2,1,2,3,4)/q+3;+1;;/p-4. The van der Waals surface area contributed by atoms with Crippen molar-refractivity contribution in [3.63, 3.8) is 0 Å². The quantitative estimate of drug-likeness (QED) is 0.240. The molecule has 0 aliphatic rings. The first-order valence-corrected chi connectivity index (χ1v) is 4.00. The van der Waals surface area contributed by atoms with E-state index in [2.05, 4.69) is 0 Å². The van der Waals surface area contributed by atoms with Gasteiger partial charge >= 0.3 is 60.6 Å². The third-order valence-corrected chi connectivity index (χ3v) is 0. The zero-order valence-electron chi connectivity index (χ0n) is 5.58. The fraction of sp³-hybridized carbons (Fsp3) is 0. The van der Waals surface area contributed by atoms with Crippen LogP contribution in [-0.2, 0) is 20.8 Å². The molecule has 0 aromatic carbocycles. The van der Waals surface area contributed by atoms with Gasteiger partial charge in [-0.3, -0.25) is 16.8 Å². The number of hydrogen-bond acceptors (Lipinski definition) is 8. The van der Waals surface area contributed by atoms with Gasteiger partial charge in [0.1, 0.15) is 0 Å². The first-order chi connectivity index (χ1) is 4.00. The van der Waals surface area contributed by atoms with Gasteiger partial charge in [0.05, 0.1) is 0 Å². The third kappa shape index (κ3) is 458. The Labute approximate surface area is 115 Å². The van der Waals surface area contributed by atoms with E-state index in [0.717, 1.165) is 0 Å². The maximum atomic E-state index is 8.52. The zero-order valence-corrected chi connectivity index (χ0v) is 10.4. The Bertz CT molecular complexity index is 213. The van der Waals surface area contributed by atoms with Crippen molar-refractivity contribution < 1.29 is 95.7 Å². The van der Waals surface area contributed by atoms with Gasteiger partial charge in [-0.05, 0) is 0 Å². The van der Waals surface area contributed by atoms with Crippen LogP contribution in [-0.4, -0.2) is 35.0 Å². The maximum Gasteiger partial charge on any atom is 3.00 e. The smallest absolute Gasteiger partial charge is 0.759 e. The van der Waals surface area contributed by atoms with Gasteiger partial charge in [0.25, 0.3) is 0 Å². The summed E-state index contributed by atoms with van der Waals surface area (Å²) in [6.07, 6.45) is 0. The second-order valence-electron chi connectivity index (χ2n) is 0.816. The molecule has 12 heavy (non-hydrogen) atoms. The normalized spacial score (nSPS) is 9.67. The Morgan fingerprint density at radius 1 is 0.667 bits per heavy atom. The van der Waals surface area contributed by atoms with E-state index < -0.39 is 20.8 Å². The molecule has 0 aliphatic carbocycles. The number of hydrogen-bond donors (Lipinski definition) is 0. The average Bonchev–Trinajstić information content (AvgIpc) is 1.12. The summed E-state index contributed by atoms with van der Waals surface area (Å²) in [4.78, 5) is 0. The summed E-state index contributed by atoms with van der Waals surface area (Å²) in [6, 6.07) is 0. The van der Waals surface area contributed by atoms with Crippen LogP contribution in [0.1, 0.15) is 0 Å². The summed E-state index contributed by atoms with van der Waals surface area (Å²) in [5.41, 5.74) is 0. The van der Waals surface area contributed by atoms with Crippen LogP contribution in [0.3, 0.4) is 0 Å². The van der Waals surface area contributed by atoms with Gasteiger partial charge < -0.3 is 18.2 Å². The van der Waals surface area contributed by atoms with Crippen molar-refractivity contribution in [1.29, 1.82) is 0 Å². The fourth-order valence-corrected chi connectivity index (χ4v) is 0. The van der Waals surface area contributed by atoms with E-state index >= 15 is 0 Å². The van der Waals surface area contributed by atoms with E-state index in [-0.39, 0.29) is 60.6 Å². The summed E-state index contributed by atoms with van der Waals surface area (Å²) in [7, 11) is -10.3. The largest absolute Gasteiger partial charge is 3.00 e. The van der Waals surface area contributed by atoms with Gasteiger partial charge in [0.2, 0.25) is 0 Å². The SMILES string of the molecule is O=S(=O)([O-])[O-].O=S(=O)([O-])[O-].[Ce+3].[Li+]. The van der Waals surface area contributed by atoms with Crippen molar-refractivity contribution in [3.8, 4) is 0 Å². The van der Waals surface area contributed by atoms with Gasteiger partial charge in [-0.1, -0.05) is 0 Å². The van der Waals surface area contributed by atoms with Gasteiger partial charge in [-0.2, -0.15) is 0 Å². The molecule has 0 atom stereocenters. The zero-order chi connectivity index (χ0) is 9.00. The van der Waals surface area contributed by atoms with E-state index in [9.17, 15) is 0 Å². The van der Waals surface area contributed by atoms with Crippen molar-refractivity contribution in [1.82, 2.24) is 0 Å². The molecule has 0 rings (SSSR count). The third-order valence-electron chi connectivity index (χ3n) is 0. The predicted octanol–water partition coefficient (Wildman–Crippen LogP) is -5.67. The molecule has 12 heteroatoms. The van der Waals surface area contributed by atoms with Crippen molar-refractivity contribution in [2.24, 2.45) is 0 Å². The summed E-state index contributed by atoms with van der Waals surface area (Å²) >= 11 is 0. The molecule has 0 aromatic heterocycles. The van der Waals surface area contributed by atoms with Crippen LogP contribution in [0.5, 0.6) is 0 Å². The Balaban J connectivity index is -0.0000000457. The van der Waals surface area contributed by atoms with Gasteiger partial charge in [0, 0.05) is 20.8 Å². The minimum atomic E-state index is -5.17. The number of rotatable bonds is 0. The van der Waals surface area contributed by atoms with Gasteiger partial charge in [-0.25, -0.2) is 0 Å². The van der Waals surface area contributed by atoms with Gasteiger partial charge in [-0.15, -0.1) is 0 Å². The predicted molar refractivity (Wildman–Crippen MR) is 20.9 cm³/mol. The molecule has 0 heterocycles. The first kappa shape index (κ1) is 23.5. The van der Waals surface area contributed by atoms with E-state index in [1.54, 1.807) is 0 Å². The molecule has 0 N–H and O–H groups in total. The molecular formula is CeLiO8S2. The molecular weight excluding hydrogens is 339 g/mol. The van der Waals surface area contributed by atoms with Crippen LogP contribution in [0, 0.1) is 41.7 Å². The Kier molecular flexibility index (Phi) is 18.2. The van der Waals surface area contributed by atoms with Crippen LogP contribution >= 0.6 is 0 Å². The summed E-state index contributed by atoms with van der Waals surface area (Å²) in [5, 5.41) is 0. The topological polar surface area (TPSA) is 161 Å².